The summed E-state index contributed by atoms with van der Waals surface area (Å²) in [5, 5.41) is 0. The van der Waals surface area contributed by atoms with Gasteiger partial charge in [-0.1, -0.05) is 12.1 Å². The van der Waals surface area contributed by atoms with Crippen LogP contribution in [0.2, 0.25) is 0 Å². The number of benzene rings is 2. The van der Waals surface area contributed by atoms with E-state index in [0.29, 0.717) is 31.9 Å². The lowest BCUT2D eigenvalue weighted by Crippen LogP contribution is -2.48. The lowest BCUT2D eigenvalue weighted by Gasteiger charge is -2.36. The number of methoxy groups -OCH3 is 1. The Hall–Kier alpha value is -2.05. The molecular weight excluding hydrogens is 360 g/mol. The molecule has 0 N–H and O–H groups in total. The Morgan fingerprint density at radius 2 is 1.48 bits per heavy atom. The van der Waals surface area contributed by atoms with Crippen molar-refractivity contribution < 1.29 is 13.2 Å². The van der Waals surface area contributed by atoms with E-state index in [4.69, 9.17) is 4.74 Å². The van der Waals surface area contributed by atoms with Crippen molar-refractivity contribution in [3.63, 3.8) is 0 Å². The van der Waals surface area contributed by atoms with Gasteiger partial charge in [0, 0.05) is 31.9 Å². The van der Waals surface area contributed by atoms with Crippen molar-refractivity contribution in [3.05, 3.63) is 52.6 Å². The predicted octanol–water partition coefficient (Wildman–Crippen LogP) is 3.44. The molecule has 0 atom stereocenters. The van der Waals surface area contributed by atoms with Crippen molar-refractivity contribution in [2.45, 2.75) is 32.6 Å². The Morgan fingerprint density at radius 1 is 0.852 bits per heavy atom. The molecule has 3 rings (SSSR count). The van der Waals surface area contributed by atoms with Crippen LogP contribution in [0.5, 0.6) is 5.75 Å². The number of ether oxygens (including phenoxy) is 1. The minimum absolute atomic E-state index is 0.258. The van der Waals surface area contributed by atoms with Gasteiger partial charge in [0.2, 0.25) is 10.0 Å². The highest BCUT2D eigenvalue weighted by Crippen LogP contribution is 2.31. The molecule has 0 spiro atoms. The van der Waals surface area contributed by atoms with Gasteiger partial charge < -0.3 is 9.64 Å². The van der Waals surface area contributed by atoms with Gasteiger partial charge in [0.05, 0.1) is 7.11 Å². The van der Waals surface area contributed by atoms with Crippen LogP contribution in [0.25, 0.3) is 0 Å². The van der Waals surface area contributed by atoms with E-state index < -0.39 is 10.0 Å². The molecule has 146 valence electrons. The lowest BCUT2D eigenvalue weighted by atomic mass is 10.1. The molecule has 1 heterocycles. The third kappa shape index (κ3) is 3.82. The summed E-state index contributed by atoms with van der Waals surface area (Å²) in [7, 11) is -2.07. The van der Waals surface area contributed by atoms with Crippen LogP contribution in [0.4, 0.5) is 5.69 Å². The summed E-state index contributed by atoms with van der Waals surface area (Å²) >= 11 is 0. The molecular formula is C21H28N2O3S. The van der Waals surface area contributed by atoms with Crippen molar-refractivity contribution in [2.24, 2.45) is 0 Å². The first kappa shape index (κ1) is 19.7. The highest BCUT2D eigenvalue weighted by Gasteiger charge is 2.31. The third-order valence-electron chi connectivity index (χ3n) is 5.34. The fourth-order valence-electron chi connectivity index (χ4n) is 3.49. The fourth-order valence-corrected chi connectivity index (χ4v) is 5.14. The second kappa shape index (κ2) is 7.52. The van der Waals surface area contributed by atoms with E-state index >= 15 is 0 Å². The zero-order valence-electron chi connectivity index (χ0n) is 16.7. The highest BCUT2D eigenvalue weighted by molar-refractivity contribution is 7.89. The van der Waals surface area contributed by atoms with Gasteiger partial charge in [-0.25, -0.2) is 8.42 Å². The number of aryl methyl sites for hydroxylation is 4. The maximum atomic E-state index is 13.2. The lowest BCUT2D eigenvalue weighted by molar-refractivity contribution is 0.374. The molecule has 0 unspecified atom stereocenters. The maximum Gasteiger partial charge on any atom is 0.246 e. The molecule has 6 heteroatoms. The van der Waals surface area contributed by atoms with E-state index in [1.54, 1.807) is 16.4 Å². The van der Waals surface area contributed by atoms with Gasteiger partial charge in [0.15, 0.2) is 0 Å². The molecule has 1 aliphatic heterocycles. The van der Waals surface area contributed by atoms with Gasteiger partial charge in [-0.15, -0.1) is 0 Å². The Labute approximate surface area is 162 Å². The normalized spacial score (nSPS) is 15.8. The van der Waals surface area contributed by atoms with Crippen LogP contribution in [-0.2, 0) is 10.0 Å². The van der Waals surface area contributed by atoms with E-state index in [1.807, 2.05) is 13.8 Å². The van der Waals surface area contributed by atoms with E-state index in [-0.39, 0.29) is 4.90 Å². The number of anilines is 1. The van der Waals surface area contributed by atoms with Gasteiger partial charge in [0.25, 0.3) is 0 Å². The van der Waals surface area contributed by atoms with E-state index in [9.17, 15) is 8.42 Å². The monoisotopic (exact) mass is 388 g/mol. The zero-order valence-corrected chi connectivity index (χ0v) is 17.6. The molecule has 5 nitrogen and oxygen atoms in total. The molecule has 0 amide bonds. The summed E-state index contributed by atoms with van der Waals surface area (Å²) in [6, 6.07) is 9.92. The Morgan fingerprint density at radius 3 is 2.11 bits per heavy atom. The van der Waals surface area contributed by atoms with Crippen molar-refractivity contribution in [1.29, 1.82) is 0 Å². The Balaban J connectivity index is 1.83. The average molecular weight is 389 g/mol. The highest BCUT2D eigenvalue weighted by atomic mass is 32.2. The SMILES string of the molecule is COc1cc(C)c(C)cc1S(=O)(=O)N1CCN(c2cc(C)ccc2C)CC1. The van der Waals surface area contributed by atoms with E-state index in [0.717, 1.165) is 11.1 Å². The predicted molar refractivity (Wildman–Crippen MR) is 109 cm³/mol. The first-order valence-electron chi connectivity index (χ1n) is 9.21. The molecule has 0 aromatic heterocycles. The smallest absolute Gasteiger partial charge is 0.246 e. The quantitative estimate of drug-likeness (QED) is 0.805. The van der Waals surface area contributed by atoms with Crippen molar-refractivity contribution in [3.8, 4) is 5.75 Å². The standard InChI is InChI=1S/C21H28N2O3S/c1-15-6-7-16(2)19(12-15)22-8-10-23(11-9-22)27(24,25)21-14-18(4)17(3)13-20(21)26-5/h6-7,12-14H,8-11H2,1-5H3. The van der Waals surface area contributed by atoms with Crippen LogP contribution in [0.3, 0.4) is 0 Å². The number of nitrogens with zero attached hydrogens (tertiary/aromatic N) is 2. The molecule has 1 aliphatic rings. The van der Waals surface area contributed by atoms with Crippen LogP contribution in [0.15, 0.2) is 35.2 Å². The van der Waals surface area contributed by atoms with Crippen LogP contribution in [-0.4, -0.2) is 46.0 Å². The Bertz CT molecular complexity index is 946. The molecule has 0 saturated carbocycles. The summed E-state index contributed by atoms with van der Waals surface area (Å²) in [5.74, 6) is 0.412. The summed E-state index contributed by atoms with van der Waals surface area (Å²) in [6.07, 6.45) is 0. The molecule has 1 fully saturated rings. The third-order valence-corrected chi connectivity index (χ3v) is 7.26. The van der Waals surface area contributed by atoms with Crippen LogP contribution < -0.4 is 9.64 Å². The average Bonchev–Trinajstić information content (AvgIpc) is 2.65. The maximum absolute atomic E-state index is 13.2. The van der Waals surface area contributed by atoms with E-state index in [1.165, 1.54) is 23.9 Å². The number of hydrogen-bond acceptors (Lipinski definition) is 4. The minimum atomic E-state index is -3.59. The molecule has 0 radical (unpaired) electrons. The minimum Gasteiger partial charge on any atom is -0.495 e. The molecule has 27 heavy (non-hydrogen) atoms. The van der Waals surface area contributed by atoms with Crippen LogP contribution >= 0.6 is 0 Å². The van der Waals surface area contributed by atoms with Gasteiger partial charge >= 0.3 is 0 Å². The number of hydrogen-bond donors (Lipinski definition) is 0. The largest absolute Gasteiger partial charge is 0.495 e. The molecule has 2 aromatic carbocycles. The van der Waals surface area contributed by atoms with Gasteiger partial charge in [0.1, 0.15) is 10.6 Å². The fraction of sp³-hybridized carbons (Fsp3) is 0.429. The second-order valence-electron chi connectivity index (χ2n) is 7.27. The van der Waals surface area contributed by atoms with Crippen molar-refractivity contribution in [1.82, 2.24) is 4.31 Å². The van der Waals surface area contributed by atoms with Gasteiger partial charge in [-0.05, 0) is 68.1 Å². The summed E-state index contributed by atoms with van der Waals surface area (Å²) in [4.78, 5) is 2.53. The number of rotatable bonds is 4. The molecule has 2 aromatic rings. The molecule has 0 bridgehead atoms. The Kier molecular flexibility index (Phi) is 5.49. The molecule has 0 aliphatic carbocycles. The van der Waals surface area contributed by atoms with Gasteiger partial charge in [-0.3, -0.25) is 0 Å². The van der Waals surface area contributed by atoms with Crippen LogP contribution in [0, 0.1) is 27.7 Å². The first-order valence-corrected chi connectivity index (χ1v) is 10.7. The summed E-state index contributed by atoms with van der Waals surface area (Å²) < 4.78 is 33.4. The zero-order chi connectivity index (χ0) is 19.8. The van der Waals surface area contributed by atoms with Gasteiger partial charge in [-0.2, -0.15) is 4.31 Å². The van der Waals surface area contributed by atoms with E-state index in [2.05, 4.69) is 36.9 Å². The topological polar surface area (TPSA) is 49.9 Å². The van der Waals surface area contributed by atoms with Crippen LogP contribution in [0.1, 0.15) is 22.3 Å². The summed E-state index contributed by atoms with van der Waals surface area (Å²) in [6.45, 7) is 10.3. The van der Waals surface area contributed by atoms with Crippen molar-refractivity contribution in [2.75, 3.05) is 38.2 Å². The molecule has 1 saturated heterocycles. The van der Waals surface area contributed by atoms with Crippen molar-refractivity contribution >= 4 is 15.7 Å². The number of piperazine rings is 1. The summed E-state index contributed by atoms with van der Waals surface area (Å²) in [5.41, 5.74) is 5.59. The second-order valence-corrected chi connectivity index (χ2v) is 9.17. The number of sulfonamides is 1. The first-order chi connectivity index (χ1) is 12.7.